The van der Waals surface area contributed by atoms with Crippen LogP contribution in [0.3, 0.4) is 0 Å². The molecule has 3 rings (SSSR count). The molecule has 0 aromatic carbocycles. The van der Waals surface area contributed by atoms with E-state index in [0.29, 0.717) is 17.7 Å². The lowest BCUT2D eigenvalue weighted by Crippen LogP contribution is -2.58. The van der Waals surface area contributed by atoms with Crippen molar-refractivity contribution in [2.45, 2.75) is 63.6 Å². The lowest BCUT2D eigenvalue weighted by atomic mass is 9.76. The summed E-state index contributed by atoms with van der Waals surface area (Å²) in [5.74, 6) is -0.837. The molecule has 1 aliphatic heterocycles. The van der Waals surface area contributed by atoms with Gasteiger partial charge in [0.25, 0.3) is 0 Å². The van der Waals surface area contributed by atoms with Crippen molar-refractivity contribution in [3.63, 3.8) is 0 Å². The van der Waals surface area contributed by atoms with Gasteiger partial charge in [-0.05, 0) is 44.6 Å². The van der Waals surface area contributed by atoms with Crippen molar-refractivity contribution in [3.05, 3.63) is 16.5 Å². The maximum absolute atomic E-state index is 11.2. The first-order valence-electron chi connectivity index (χ1n) is 8.84. The van der Waals surface area contributed by atoms with Crippen LogP contribution in [0, 0.1) is 6.92 Å². The average Bonchev–Trinajstić information content (AvgIpc) is 2.89. The number of ether oxygens (including phenoxy) is 1. The Bertz CT molecular complexity index is 587. The minimum atomic E-state index is -0.837. The van der Waals surface area contributed by atoms with Crippen LogP contribution in [-0.2, 0) is 4.74 Å². The highest BCUT2D eigenvalue weighted by Gasteiger charge is 2.39. The van der Waals surface area contributed by atoms with Gasteiger partial charge in [0, 0.05) is 37.2 Å². The van der Waals surface area contributed by atoms with Crippen LogP contribution < -0.4 is 5.32 Å². The van der Waals surface area contributed by atoms with Crippen molar-refractivity contribution in [1.82, 2.24) is 4.90 Å². The number of hydrogen-bond acceptors (Lipinski definition) is 5. The van der Waals surface area contributed by atoms with Crippen molar-refractivity contribution >= 4 is 22.3 Å². The Labute approximate surface area is 148 Å². The fourth-order valence-corrected chi connectivity index (χ4v) is 5.07. The smallest absolute Gasteiger partial charge is 0.336 e. The van der Waals surface area contributed by atoms with Crippen molar-refractivity contribution in [1.29, 1.82) is 0 Å². The molecular weight excluding hydrogens is 324 g/mol. The van der Waals surface area contributed by atoms with Crippen molar-refractivity contribution in [2.24, 2.45) is 0 Å². The topological polar surface area (TPSA) is 61.8 Å². The molecule has 134 valence electrons. The number of methoxy groups -OCH3 is 1. The number of hydrogen-bond donors (Lipinski definition) is 2. The number of thiophene rings is 1. The van der Waals surface area contributed by atoms with E-state index in [-0.39, 0.29) is 5.54 Å². The molecular formula is C18H28N2O3S. The zero-order chi connectivity index (χ0) is 17.3. The second-order valence-corrected chi connectivity index (χ2v) is 8.09. The summed E-state index contributed by atoms with van der Waals surface area (Å²) in [7, 11) is 1.80. The van der Waals surface area contributed by atoms with Gasteiger partial charge in [0.05, 0.1) is 16.7 Å². The summed E-state index contributed by atoms with van der Waals surface area (Å²) >= 11 is 1.52. The first kappa shape index (κ1) is 17.7. The van der Waals surface area contributed by atoms with Crippen molar-refractivity contribution in [3.8, 4) is 0 Å². The Morgan fingerprint density at radius 1 is 1.46 bits per heavy atom. The minimum absolute atomic E-state index is 0.105. The van der Waals surface area contributed by atoms with Crippen LogP contribution in [0.1, 0.15) is 54.9 Å². The third-order valence-corrected chi connectivity index (χ3v) is 6.96. The summed E-state index contributed by atoms with van der Waals surface area (Å²) in [6, 6.07) is 0.678. The molecule has 0 radical (unpaired) electrons. The molecule has 1 aliphatic carbocycles. The van der Waals surface area contributed by atoms with Gasteiger partial charge < -0.3 is 15.2 Å². The number of carboxylic acid groups (broad SMARTS) is 1. The van der Waals surface area contributed by atoms with E-state index in [1.165, 1.54) is 24.2 Å². The Morgan fingerprint density at radius 2 is 2.12 bits per heavy atom. The maximum atomic E-state index is 11.2. The molecule has 2 N–H and O–H groups in total. The van der Waals surface area contributed by atoms with E-state index < -0.39 is 5.97 Å². The number of aromatic carboxylic acids is 1. The summed E-state index contributed by atoms with van der Waals surface area (Å²) in [6.45, 7) is 6.28. The molecule has 0 amide bonds. The van der Waals surface area contributed by atoms with Gasteiger partial charge in [-0.1, -0.05) is 6.92 Å². The standard InChI is InChI=1S/C18H28N2O3S/c1-4-18(19-16-12(2)15(11-24-16)17(21)22)7-5-13(6-8-18)20-9-14(10-20)23-3/h11,13-14,19H,4-10H2,1-3H3,(H,21,22)/t13-,18+. The van der Waals surface area contributed by atoms with Gasteiger partial charge in [0.2, 0.25) is 0 Å². The van der Waals surface area contributed by atoms with Gasteiger partial charge in [-0.3, -0.25) is 4.90 Å². The number of likely N-dealkylation sites (tertiary alicyclic amines) is 1. The van der Waals surface area contributed by atoms with Crippen molar-refractivity contribution < 1.29 is 14.6 Å². The SMILES string of the molecule is CC[C@]1(Nc2scc(C(=O)O)c2C)CC[C@@H](N2CC(OC)C2)CC1. The van der Waals surface area contributed by atoms with Crippen LogP contribution in [0.2, 0.25) is 0 Å². The molecule has 5 nitrogen and oxygen atoms in total. The largest absolute Gasteiger partial charge is 0.478 e. The first-order chi connectivity index (χ1) is 11.5. The summed E-state index contributed by atoms with van der Waals surface area (Å²) in [4.78, 5) is 13.8. The highest BCUT2D eigenvalue weighted by Crippen LogP contribution is 2.40. The molecule has 1 saturated heterocycles. The van der Waals surface area contributed by atoms with E-state index in [1.807, 2.05) is 6.92 Å². The molecule has 2 heterocycles. The fraction of sp³-hybridized carbons (Fsp3) is 0.722. The predicted molar refractivity (Wildman–Crippen MR) is 97.3 cm³/mol. The third kappa shape index (κ3) is 3.32. The molecule has 0 unspecified atom stereocenters. The van der Waals surface area contributed by atoms with Gasteiger partial charge in [-0.25, -0.2) is 4.79 Å². The molecule has 0 spiro atoms. The number of nitrogens with one attached hydrogen (secondary N) is 1. The van der Waals surface area contributed by atoms with Crippen LogP contribution in [0.25, 0.3) is 0 Å². The molecule has 0 atom stereocenters. The van der Waals surface area contributed by atoms with Crippen LogP contribution in [0.5, 0.6) is 0 Å². The van der Waals surface area contributed by atoms with E-state index in [0.717, 1.165) is 42.9 Å². The summed E-state index contributed by atoms with van der Waals surface area (Å²) < 4.78 is 5.38. The molecule has 1 aromatic heterocycles. The van der Waals surface area contributed by atoms with Crippen LogP contribution in [-0.4, -0.2) is 53.9 Å². The van der Waals surface area contributed by atoms with E-state index in [1.54, 1.807) is 12.5 Å². The normalized spacial score (nSPS) is 28.5. The average molecular weight is 353 g/mol. The van der Waals surface area contributed by atoms with E-state index in [2.05, 4.69) is 17.1 Å². The van der Waals surface area contributed by atoms with E-state index >= 15 is 0 Å². The van der Waals surface area contributed by atoms with E-state index in [9.17, 15) is 9.90 Å². The van der Waals surface area contributed by atoms with Gasteiger partial charge >= 0.3 is 5.97 Å². The quantitative estimate of drug-likeness (QED) is 0.819. The second-order valence-electron chi connectivity index (χ2n) is 7.21. The summed E-state index contributed by atoms with van der Waals surface area (Å²) in [6.07, 6.45) is 6.18. The molecule has 6 heteroatoms. The monoisotopic (exact) mass is 352 g/mol. The van der Waals surface area contributed by atoms with Gasteiger partial charge in [0.1, 0.15) is 0 Å². The lowest BCUT2D eigenvalue weighted by Gasteiger charge is -2.49. The Kier molecular flexibility index (Phi) is 5.18. The Balaban J connectivity index is 1.61. The highest BCUT2D eigenvalue weighted by molar-refractivity contribution is 7.14. The molecule has 0 bridgehead atoms. The zero-order valence-electron chi connectivity index (χ0n) is 14.8. The number of anilines is 1. The maximum Gasteiger partial charge on any atom is 0.336 e. The molecule has 2 aliphatic rings. The molecule has 24 heavy (non-hydrogen) atoms. The molecule has 1 saturated carbocycles. The fourth-order valence-electron chi connectivity index (χ4n) is 4.00. The van der Waals surface area contributed by atoms with Crippen molar-refractivity contribution in [2.75, 3.05) is 25.5 Å². The van der Waals surface area contributed by atoms with Crippen LogP contribution in [0.4, 0.5) is 5.00 Å². The van der Waals surface area contributed by atoms with E-state index in [4.69, 9.17) is 4.74 Å². The summed E-state index contributed by atoms with van der Waals surface area (Å²) in [5, 5.41) is 15.7. The number of nitrogens with zero attached hydrogens (tertiary/aromatic N) is 1. The third-order valence-electron chi connectivity index (χ3n) is 5.96. The number of carbonyl (C=O) groups is 1. The van der Waals surface area contributed by atoms with Crippen LogP contribution >= 0.6 is 11.3 Å². The Hall–Kier alpha value is -1.11. The zero-order valence-corrected chi connectivity index (χ0v) is 15.6. The summed E-state index contributed by atoms with van der Waals surface area (Å²) in [5.41, 5.74) is 1.40. The number of carboxylic acids is 1. The minimum Gasteiger partial charge on any atom is -0.478 e. The molecule has 2 fully saturated rings. The Morgan fingerprint density at radius 3 is 2.62 bits per heavy atom. The van der Waals surface area contributed by atoms with Gasteiger partial charge in [-0.2, -0.15) is 0 Å². The first-order valence-corrected chi connectivity index (χ1v) is 9.72. The van der Waals surface area contributed by atoms with Gasteiger partial charge in [-0.15, -0.1) is 11.3 Å². The lowest BCUT2D eigenvalue weighted by molar-refractivity contribution is -0.0600. The second kappa shape index (κ2) is 7.02. The number of rotatable bonds is 6. The predicted octanol–water partition coefficient (Wildman–Crippen LogP) is 3.59. The van der Waals surface area contributed by atoms with Crippen LogP contribution in [0.15, 0.2) is 5.38 Å². The van der Waals surface area contributed by atoms with Gasteiger partial charge in [0.15, 0.2) is 0 Å². The molecule has 1 aromatic rings. The highest BCUT2D eigenvalue weighted by atomic mass is 32.1.